The Balaban J connectivity index is 4.85. The lowest BCUT2D eigenvalue weighted by Gasteiger charge is -2.21. The molecule has 0 aromatic rings. The van der Waals surface area contributed by atoms with E-state index in [9.17, 15) is 9.59 Å². The summed E-state index contributed by atoms with van der Waals surface area (Å²) in [6.45, 7) is 7.98. The van der Waals surface area contributed by atoms with Crippen LogP contribution >= 0.6 is 0 Å². The van der Waals surface area contributed by atoms with Gasteiger partial charge in [-0.1, -0.05) is 168 Å². The van der Waals surface area contributed by atoms with E-state index in [1.54, 1.807) is 0 Å². The van der Waals surface area contributed by atoms with Crippen LogP contribution in [0.15, 0.2) is 0 Å². The summed E-state index contributed by atoms with van der Waals surface area (Å²) in [5.74, 6) is -0.229. The van der Waals surface area contributed by atoms with Gasteiger partial charge in [0, 0.05) is 6.42 Å². The summed E-state index contributed by atoms with van der Waals surface area (Å²) in [5.41, 5.74) is 0. The molecule has 0 bridgehead atoms. The second kappa shape index (κ2) is 35.2. The van der Waals surface area contributed by atoms with Gasteiger partial charge in [-0.25, -0.2) is 0 Å². The first-order valence-electron chi connectivity index (χ1n) is 20.4. The van der Waals surface area contributed by atoms with Crippen LogP contribution in [0.1, 0.15) is 213 Å². The van der Waals surface area contributed by atoms with Crippen molar-refractivity contribution in [3.63, 3.8) is 0 Å². The Labute approximate surface area is 288 Å². The van der Waals surface area contributed by atoms with Gasteiger partial charge in [-0.05, 0) is 59.2 Å². The average Bonchev–Trinajstić information content (AvgIpc) is 3.04. The van der Waals surface area contributed by atoms with E-state index in [1.165, 1.54) is 128 Å². The van der Waals surface area contributed by atoms with Crippen LogP contribution in [0, 0.1) is 5.92 Å². The fraction of sp³-hybridized carbons (Fsp3) is 0.951. The second-order valence-corrected chi connectivity index (χ2v) is 14.5. The number of ether oxygens (including phenoxy) is 2. The third kappa shape index (κ3) is 31.5. The molecule has 0 saturated heterocycles. The van der Waals surface area contributed by atoms with Crippen molar-refractivity contribution < 1.29 is 19.1 Å². The summed E-state index contributed by atoms with van der Waals surface area (Å²) in [5, 5.41) is 0. The van der Waals surface area contributed by atoms with Crippen molar-refractivity contribution in [2.45, 2.75) is 219 Å². The zero-order valence-electron chi connectivity index (χ0n) is 31.9. The van der Waals surface area contributed by atoms with Gasteiger partial charge in [-0.2, -0.15) is 0 Å². The highest BCUT2D eigenvalue weighted by molar-refractivity contribution is 5.72. The quantitative estimate of drug-likeness (QED) is 0.0498. The van der Waals surface area contributed by atoms with Crippen molar-refractivity contribution in [3.05, 3.63) is 0 Å². The highest BCUT2D eigenvalue weighted by atomic mass is 16.6. The van der Waals surface area contributed by atoms with Crippen molar-refractivity contribution in [1.82, 2.24) is 4.90 Å². The summed E-state index contributed by atoms with van der Waals surface area (Å²) in [6, 6.07) is 0. The molecule has 0 aromatic carbocycles. The van der Waals surface area contributed by atoms with Gasteiger partial charge < -0.3 is 14.4 Å². The van der Waals surface area contributed by atoms with Crippen LogP contribution in [0.25, 0.3) is 0 Å². The molecule has 5 heteroatoms. The summed E-state index contributed by atoms with van der Waals surface area (Å²) in [4.78, 5) is 28.3. The second-order valence-electron chi connectivity index (χ2n) is 14.5. The largest absolute Gasteiger partial charge is 0.462 e. The lowest BCUT2D eigenvalue weighted by molar-refractivity contribution is -0.162. The van der Waals surface area contributed by atoms with Gasteiger partial charge in [0.15, 0.2) is 0 Å². The Morgan fingerprint density at radius 2 is 0.891 bits per heavy atom. The van der Waals surface area contributed by atoms with Crippen LogP contribution in [0.3, 0.4) is 0 Å². The molecule has 0 radical (unpaired) electrons. The van der Waals surface area contributed by atoms with E-state index < -0.39 is 0 Å². The average molecular weight is 652 g/mol. The van der Waals surface area contributed by atoms with Crippen LogP contribution in [0.2, 0.25) is 0 Å². The van der Waals surface area contributed by atoms with Crippen LogP contribution < -0.4 is 0 Å². The van der Waals surface area contributed by atoms with Gasteiger partial charge in [-0.15, -0.1) is 0 Å². The van der Waals surface area contributed by atoms with Gasteiger partial charge in [0.1, 0.15) is 12.7 Å². The number of esters is 2. The third-order valence-electron chi connectivity index (χ3n) is 9.47. The van der Waals surface area contributed by atoms with E-state index in [4.69, 9.17) is 9.47 Å². The third-order valence-corrected chi connectivity index (χ3v) is 9.47. The van der Waals surface area contributed by atoms with Crippen LogP contribution in [-0.2, 0) is 19.1 Å². The minimum Gasteiger partial charge on any atom is -0.462 e. The lowest BCUT2D eigenvalue weighted by atomic mass is 9.94. The monoisotopic (exact) mass is 652 g/mol. The Morgan fingerprint density at radius 3 is 1.30 bits per heavy atom. The molecule has 0 N–H and O–H groups in total. The van der Waals surface area contributed by atoms with Gasteiger partial charge in [0.25, 0.3) is 0 Å². The van der Waals surface area contributed by atoms with Gasteiger partial charge in [0.2, 0.25) is 0 Å². The SMILES string of the molecule is CCCCCCCCCCCCC(COC(=O)C(CCCCCCCCC)CCCCCCCCC)OC(=O)CCCCN(C)C. The molecular weight excluding hydrogens is 570 g/mol. The Morgan fingerprint density at radius 1 is 0.500 bits per heavy atom. The number of hydrogen-bond donors (Lipinski definition) is 0. The van der Waals surface area contributed by atoms with E-state index in [0.717, 1.165) is 64.3 Å². The molecule has 0 heterocycles. The summed E-state index contributed by atoms with van der Waals surface area (Å²) >= 11 is 0. The molecule has 46 heavy (non-hydrogen) atoms. The lowest BCUT2D eigenvalue weighted by Crippen LogP contribution is -2.28. The number of rotatable bonds is 36. The van der Waals surface area contributed by atoms with Crippen LogP contribution in [0.4, 0.5) is 0 Å². The summed E-state index contributed by atoms with van der Waals surface area (Å²) in [6.07, 6.45) is 35.0. The van der Waals surface area contributed by atoms with E-state index in [1.807, 2.05) is 0 Å². The Bertz CT molecular complexity index is 634. The molecular formula is C41H81NO4. The molecule has 0 spiro atoms. The Kier molecular flexibility index (Phi) is 34.4. The molecule has 0 amide bonds. The predicted molar refractivity (Wildman–Crippen MR) is 198 cm³/mol. The van der Waals surface area contributed by atoms with Crippen molar-refractivity contribution in [2.75, 3.05) is 27.2 Å². The number of carbonyl (C=O) groups excluding carboxylic acids is 2. The zero-order chi connectivity index (χ0) is 33.9. The number of unbranched alkanes of at least 4 members (excludes halogenated alkanes) is 22. The zero-order valence-corrected chi connectivity index (χ0v) is 31.9. The molecule has 0 aliphatic carbocycles. The standard InChI is InChI=1S/C41H81NO4/c1-6-9-12-15-18-19-20-23-26-29-34-39(46-40(43)35-30-31-36-42(4)5)37-45-41(44)38(32-27-24-21-16-13-10-7-2)33-28-25-22-17-14-11-8-3/h38-39H,6-37H2,1-5H3. The molecule has 0 aromatic heterocycles. The minimum atomic E-state index is -0.322. The molecule has 274 valence electrons. The molecule has 0 aliphatic heterocycles. The molecule has 0 saturated carbocycles. The molecule has 0 aliphatic rings. The van der Waals surface area contributed by atoms with Gasteiger partial charge in [-0.3, -0.25) is 9.59 Å². The van der Waals surface area contributed by atoms with Crippen molar-refractivity contribution in [2.24, 2.45) is 5.92 Å². The predicted octanol–water partition coefficient (Wildman–Crippen LogP) is 12.4. The maximum absolute atomic E-state index is 13.4. The first kappa shape index (κ1) is 44.9. The molecule has 0 rings (SSSR count). The first-order chi connectivity index (χ1) is 22.4. The maximum Gasteiger partial charge on any atom is 0.309 e. The highest BCUT2D eigenvalue weighted by Crippen LogP contribution is 2.22. The fourth-order valence-electron chi connectivity index (χ4n) is 6.35. The van der Waals surface area contributed by atoms with E-state index in [2.05, 4.69) is 39.8 Å². The molecule has 1 unspecified atom stereocenters. The van der Waals surface area contributed by atoms with E-state index in [0.29, 0.717) is 6.42 Å². The van der Waals surface area contributed by atoms with Crippen molar-refractivity contribution in [3.8, 4) is 0 Å². The fourth-order valence-corrected chi connectivity index (χ4v) is 6.35. The smallest absolute Gasteiger partial charge is 0.309 e. The number of carbonyl (C=O) groups is 2. The van der Waals surface area contributed by atoms with E-state index in [-0.39, 0.29) is 30.6 Å². The Hall–Kier alpha value is -1.10. The van der Waals surface area contributed by atoms with E-state index >= 15 is 0 Å². The molecule has 1 atom stereocenters. The highest BCUT2D eigenvalue weighted by Gasteiger charge is 2.23. The van der Waals surface area contributed by atoms with Crippen molar-refractivity contribution >= 4 is 11.9 Å². The maximum atomic E-state index is 13.4. The van der Waals surface area contributed by atoms with Crippen LogP contribution in [-0.4, -0.2) is 50.2 Å². The summed E-state index contributed by atoms with van der Waals surface area (Å²) < 4.78 is 11.9. The van der Waals surface area contributed by atoms with Crippen molar-refractivity contribution in [1.29, 1.82) is 0 Å². The molecule has 0 fully saturated rings. The summed E-state index contributed by atoms with van der Waals surface area (Å²) in [7, 11) is 4.12. The molecule has 5 nitrogen and oxygen atoms in total. The van der Waals surface area contributed by atoms with Crippen LogP contribution in [0.5, 0.6) is 0 Å². The normalized spacial score (nSPS) is 12.2. The number of nitrogens with zero attached hydrogens (tertiary/aromatic N) is 1. The minimum absolute atomic E-state index is 0.0222. The number of hydrogen-bond acceptors (Lipinski definition) is 5. The first-order valence-corrected chi connectivity index (χ1v) is 20.4. The van der Waals surface area contributed by atoms with Gasteiger partial charge in [0.05, 0.1) is 5.92 Å². The van der Waals surface area contributed by atoms with Gasteiger partial charge >= 0.3 is 11.9 Å². The topological polar surface area (TPSA) is 55.8 Å².